The minimum atomic E-state index is -1.21. The molecule has 0 bridgehead atoms. The summed E-state index contributed by atoms with van der Waals surface area (Å²) in [4.78, 5) is 23.0. The number of aryl methyl sites for hydroxylation is 1. The van der Waals surface area contributed by atoms with Gasteiger partial charge in [-0.3, -0.25) is 5.10 Å². The van der Waals surface area contributed by atoms with Crippen LogP contribution < -0.4 is 10.6 Å². The van der Waals surface area contributed by atoms with Gasteiger partial charge in [0.2, 0.25) is 0 Å². The summed E-state index contributed by atoms with van der Waals surface area (Å²) in [6.45, 7) is 5.62. The quantitative estimate of drug-likeness (QED) is 0.621. The molecule has 0 unspecified atom stereocenters. The number of nitrogens with zero attached hydrogens (tertiary/aromatic N) is 1. The Bertz CT molecular complexity index is 452. The minimum absolute atomic E-state index is 0.303. The van der Waals surface area contributed by atoms with E-state index in [-0.39, 0.29) is 0 Å². The van der Waals surface area contributed by atoms with Crippen molar-refractivity contribution < 1.29 is 14.7 Å². The number of rotatable bonds is 6. The first-order chi connectivity index (χ1) is 8.95. The molecule has 19 heavy (non-hydrogen) atoms. The van der Waals surface area contributed by atoms with Gasteiger partial charge in [-0.05, 0) is 19.8 Å². The van der Waals surface area contributed by atoms with Crippen LogP contribution in [0.15, 0.2) is 6.20 Å². The third-order valence-corrected chi connectivity index (χ3v) is 3.34. The average molecular weight is 268 g/mol. The molecule has 0 aliphatic rings. The zero-order valence-corrected chi connectivity index (χ0v) is 11.4. The number of H-pyrrole nitrogens is 1. The van der Waals surface area contributed by atoms with Crippen molar-refractivity contribution >= 4 is 12.0 Å². The lowest BCUT2D eigenvalue weighted by molar-refractivity contribution is -0.144. The van der Waals surface area contributed by atoms with Crippen LogP contribution in [0.1, 0.15) is 37.9 Å². The van der Waals surface area contributed by atoms with Crippen LogP contribution in [0.2, 0.25) is 0 Å². The predicted octanol–water partition coefficient (Wildman–Crippen LogP) is 1.16. The minimum Gasteiger partial charge on any atom is -0.480 e. The lowest BCUT2D eigenvalue weighted by atomic mass is 9.93. The molecule has 0 aliphatic heterocycles. The number of aromatic amines is 1. The Morgan fingerprint density at radius 1 is 1.42 bits per heavy atom. The van der Waals surface area contributed by atoms with E-state index >= 15 is 0 Å². The van der Waals surface area contributed by atoms with E-state index in [1.807, 2.05) is 6.92 Å². The molecule has 1 aromatic heterocycles. The molecule has 0 aromatic carbocycles. The summed E-state index contributed by atoms with van der Waals surface area (Å²) in [5.74, 6) is -1.02. The van der Waals surface area contributed by atoms with E-state index in [2.05, 4.69) is 20.8 Å². The highest BCUT2D eigenvalue weighted by atomic mass is 16.4. The molecule has 4 N–H and O–H groups in total. The number of nitrogens with one attached hydrogen (secondary N) is 3. The van der Waals surface area contributed by atoms with Crippen LogP contribution in [0.3, 0.4) is 0 Å². The van der Waals surface area contributed by atoms with Crippen LogP contribution in [0, 0.1) is 6.92 Å². The lowest BCUT2D eigenvalue weighted by Gasteiger charge is -2.28. The number of aromatic nitrogens is 2. The second-order valence-electron chi connectivity index (χ2n) is 4.42. The number of carbonyl (C=O) groups is 2. The first kappa shape index (κ1) is 15.0. The van der Waals surface area contributed by atoms with Crippen LogP contribution in [0.4, 0.5) is 4.79 Å². The second kappa shape index (κ2) is 6.21. The van der Waals surface area contributed by atoms with Gasteiger partial charge in [0.15, 0.2) is 0 Å². The van der Waals surface area contributed by atoms with Gasteiger partial charge in [-0.1, -0.05) is 13.8 Å². The molecular weight excluding hydrogens is 248 g/mol. The Kier molecular flexibility index (Phi) is 4.91. The molecule has 1 heterocycles. The maximum Gasteiger partial charge on any atom is 0.329 e. The molecule has 0 fully saturated rings. The number of carbonyl (C=O) groups excluding carboxylic acids is 1. The molecule has 0 aliphatic carbocycles. The maximum absolute atomic E-state index is 11.8. The van der Waals surface area contributed by atoms with Gasteiger partial charge in [-0.2, -0.15) is 5.10 Å². The van der Waals surface area contributed by atoms with E-state index < -0.39 is 17.5 Å². The SMILES string of the molecule is CCC(CC)(NC(=O)NCc1cn[nH]c1C)C(=O)O. The van der Waals surface area contributed by atoms with Gasteiger partial charge >= 0.3 is 12.0 Å². The Morgan fingerprint density at radius 3 is 2.47 bits per heavy atom. The number of carboxylic acid groups (broad SMARTS) is 1. The van der Waals surface area contributed by atoms with E-state index in [1.54, 1.807) is 20.0 Å². The first-order valence-electron chi connectivity index (χ1n) is 6.23. The molecular formula is C12H20N4O3. The molecule has 0 saturated carbocycles. The zero-order chi connectivity index (χ0) is 14.5. The Hall–Kier alpha value is -2.05. The maximum atomic E-state index is 11.8. The summed E-state index contributed by atoms with van der Waals surface area (Å²) in [6.07, 6.45) is 2.29. The van der Waals surface area contributed by atoms with Crippen molar-refractivity contribution in [2.24, 2.45) is 0 Å². The Labute approximate surface area is 111 Å². The van der Waals surface area contributed by atoms with Crippen molar-refractivity contribution in [1.82, 2.24) is 20.8 Å². The van der Waals surface area contributed by atoms with Crippen molar-refractivity contribution in [3.05, 3.63) is 17.5 Å². The number of hydrogen-bond acceptors (Lipinski definition) is 3. The summed E-state index contributed by atoms with van der Waals surface area (Å²) in [5.41, 5.74) is 0.523. The van der Waals surface area contributed by atoms with Gasteiger partial charge in [0.05, 0.1) is 6.20 Å². The summed E-state index contributed by atoms with van der Waals surface area (Å²) < 4.78 is 0. The number of aliphatic carboxylic acids is 1. The van der Waals surface area contributed by atoms with Gasteiger partial charge in [-0.15, -0.1) is 0 Å². The summed E-state index contributed by atoms with van der Waals surface area (Å²) >= 11 is 0. The molecule has 0 spiro atoms. The van der Waals surface area contributed by atoms with Crippen molar-refractivity contribution in [1.29, 1.82) is 0 Å². The van der Waals surface area contributed by atoms with E-state index in [4.69, 9.17) is 0 Å². The second-order valence-corrected chi connectivity index (χ2v) is 4.42. The van der Waals surface area contributed by atoms with Gasteiger partial charge < -0.3 is 15.7 Å². The van der Waals surface area contributed by atoms with Crippen LogP contribution in [0.25, 0.3) is 0 Å². The highest BCUT2D eigenvalue weighted by Crippen LogP contribution is 2.15. The van der Waals surface area contributed by atoms with Crippen molar-refractivity contribution in [3.63, 3.8) is 0 Å². The van der Waals surface area contributed by atoms with Crippen LogP contribution in [-0.2, 0) is 11.3 Å². The Balaban J connectivity index is 2.59. The largest absolute Gasteiger partial charge is 0.480 e. The average Bonchev–Trinajstić information content (AvgIpc) is 2.79. The topological polar surface area (TPSA) is 107 Å². The highest BCUT2D eigenvalue weighted by molar-refractivity contribution is 5.86. The van der Waals surface area contributed by atoms with E-state index in [0.29, 0.717) is 19.4 Å². The van der Waals surface area contributed by atoms with E-state index in [1.165, 1.54) is 0 Å². The molecule has 2 amide bonds. The van der Waals surface area contributed by atoms with Crippen LogP contribution >= 0.6 is 0 Å². The van der Waals surface area contributed by atoms with Crippen molar-refractivity contribution in [3.8, 4) is 0 Å². The molecule has 7 nitrogen and oxygen atoms in total. The monoisotopic (exact) mass is 268 g/mol. The molecule has 106 valence electrons. The van der Waals surface area contributed by atoms with E-state index in [9.17, 15) is 14.7 Å². The Morgan fingerprint density at radius 2 is 2.05 bits per heavy atom. The van der Waals surface area contributed by atoms with Gasteiger partial charge in [0, 0.05) is 17.8 Å². The zero-order valence-electron chi connectivity index (χ0n) is 11.4. The summed E-state index contributed by atoms with van der Waals surface area (Å²) in [5, 5.41) is 21.0. The molecule has 7 heteroatoms. The molecule has 1 aromatic rings. The van der Waals surface area contributed by atoms with Crippen molar-refractivity contribution in [2.45, 2.75) is 45.7 Å². The standard InChI is InChI=1S/C12H20N4O3/c1-4-12(5-2,10(17)18)15-11(19)13-6-9-7-14-16-8(9)3/h7H,4-6H2,1-3H3,(H,14,16)(H,17,18)(H2,13,15,19). The molecule has 0 radical (unpaired) electrons. The van der Waals surface area contributed by atoms with Gasteiger partial charge in [0.1, 0.15) is 5.54 Å². The number of urea groups is 1. The highest BCUT2D eigenvalue weighted by Gasteiger charge is 2.36. The number of amides is 2. The fourth-order valence-corrected chi connectivity index (χ4v) is 1.77. The molecule has 0 saturated heterocycles. The van der Waals surface area contributed by atoms with Crippen molar-refractivity contribution in [2.75, 3.05) is 0 Å². The normalized spacial score (nSPS) is 11.1. The smallest absolute Gasteiger partial charge is 0.329 e. The third-order valence-electron chi connectivity index (χ3n) is 3.34. The fraction of sp³-hybridized carbons (Fsp3) is 0.583. The molecule has 1 rings (SSSR count). The van der Waals surface area contributed by atoms with Gasteiger partial charge in [-0.25, -0.2) is 9.59 Å². The lowest BCUT2D eigenvalue weighted by Crippen LogP contribution is -2.56. The summed E-state index contributed by atoms with van der Waals surface area (Å²) in [6, 6.07) is -0.494. The number of hydrogen-bond donors (Lipinski definition) is 4. The summed E-state index contributed by atoms with van der Waals surface area (Å²) in [7, 11) is 0. The molecule has 0 atom stereocenters. The van der Waals surface area contributed by atoms with Crippen LogP contribution in [0.5, 0.6) is 0 Å². The predicted molar refractivity (Wildman–Crippen MR) is 69.6 cm³/mol. The third kappa shape index (κ3) is 3.46. The van der Waals surface area contributed by atoms with Crippen LogP contribution in [-0.4, -0.2) is 32.8 Å². The fourth-order valence-electron chi connectivity index (χ4n) is 1.77. The van der Waals surface area contributed by atoms with Gasteiger partial charge in [0.25, 0.3) is 0 Å². The van der Waals surface area contributed by atoms with E-state index in [0.717, 1.165) is 11.3 Å². The first-order valence-corrected chi connectivity index (χ1v) is 6.23. The number of carboxylic acids is 1.